The summed E-state index contributed by atoms with van der Waals surface area (Å²) >= 11 is 0. The molecule has 1 aromatic heterocycles. The second-order valence-corrected chi connectivity index (χ2v) is 7.24. The molecular weight excluding hydrogens is 398 g/mol. The van der Waals surface area contributed by atoms with Crippen LogP contribution in [0.1, 0.15) is 28.6 Å². The fourth-order valence-electron chi connectivity index (χ4n) is 3.92. The zero-order chi connectivity index (χ0) is 22.0. The van der Waals surface area contributed by atoms with Gasteiger partial charge in [-0.25, -0.2) is 0 Å². The van der Waals surface area contributed by atoms with E-state index in [2.05, 4.69) is 0 Å². The van der Waals surface area contributed by atoms with Gasteiger partial charge in [0.1, 0.15) is 0 Å². The van der Waals surface area contributed by atoms with Crippen molar-refractivity contribution in [2.24, 2.45) is 0 Å². The zero-order valence-electron chi connectivity index (χ0n) is 17.3. The van der Waals surface area contributed by atoms with Crippen LogP contribution < -0.4 is 4.74 Å². The number of nitrogens with zero attached hydrogens (tertiary/aromatic N) is 1. The number of aliphatic hydroxyl groups is 1. The number of fused-ring (bicyclic) bond motifs is 1. The molecule has 1 N–H and O–H groups in total. The predicted octanol–water partition coefficient (Wildman–Crippen LogP) is 4.06. The van der Waals surface area contributed by atoms with Crippen molar-refractivity contribution in [3.63, 3.8) is 0 Å². The molecule has 2 aromatic carbocycles. The van der Waals surface area contributed by atoms with Crippen molar-refractivity contribution in [2.75, 3.05) is 27.4 Å². The Morgan fingerprint density at radius 3 is 2.61 bits per heavy atom. The lowest BCUT2D eigenvalue weighted by Gasteiger charge is -2.26. The molecule has 0 bridgehead atoms. The Kier molecular flexibility index (Phi) is 5.77. The summed E-state index contributed by atoms with van der Waals surface area (Å²) in [6.45, 7) is 0.791. The first-order valence-corrected chi connectivity index (χ1v) is 9.96. The minimum Gasteiger partial charge on any atom is -0.503 e. The van der Waals surface area contributed by atoms with Gasteiger partial charge in [-0.1, -0.05) is 42.5 Å². The topological polar surface area (TPSA) is 89.2 Å². The van der Waals surface area contributed by atoms with Crippen molar-refractivity contribution in [2.45, 2.75) is 12.5 Å². The maximum Gasteiger partial charge on any atom is 0.290 e. The summed E-state index contributed by atoms with van der Waals surface area (Å²) in [5.41, 5.74) is 1.17. The van der Waals surface area contributed by atoms with E-state index in [9.17, 15) is 14.7 Å². The molecule has 0 saturated carbocycles. The molecule has 0 radical (unpaired) electrons. The number of amides is 1. The van der Waals surface area contributed by atoms with Gasteiger partial charge in [0.15, 0.2) is 22.9 Å². The smallest absolute Gasteiger partial charge is 0.290 e. The average Bonchev–Trinajstić information content (AvgIpc) is 3.34. The Balaban J connectivity index is 1.77. The fraction of sp³-hybridized carbons (Fsp3) is 0.250. The lowest BCUT2D eigenvalue weighted by atomic mass is 9.95. The summed E-state index contributed by atoms with van der Waals surface area (Å²) in [5, 5.41) is 11.4. The number of ether oxygens (including phenoxy) is 2. The number of Topliss-reactive ketones (excluding diaryl/α,β-unsaturated/α-hetero) is 1. The van der Waals surface area contributed by atoms with E-state index in [0.717, 1.165) is 5.56 Å². The molecular formula is C24H23NO6. The van der Waals surface area contributed by atoms with Gasteiger partial charge >= 0.3 is 0 Å². The highest BCUT2D eigenvalue weighted by Crippen LogP contribution is 2.40. The van der Waals surface area contributed by atoms with E-state index >= 15 is 0 Å². The molecule has 0 spiro atoms. The van der Waals surface area contributed by atoms with Crippen LogP contribution in [0.25, 0.3) is 11.0 Å². The number of hydrogen-bond donors (Lipinski definition) is 1. The lowest BCUT2D eigenvalue weighted by molar-refractivity contribution is -0.129. The molecule has 0 aliphatic carbocycles. The minimum atomic E-state index is -0.715. The van der Waals surface area contributed by atoms with Gasteiger partial charge in [-0.15, -0.1) is 0 Å². The van der Waals surface area contributed by atoms with Crippen LogP contribution in [0.5, 0.6) is 5.75 Å². The molecule has 3 aromatic rings. The summed E-state index contributed by atoms with van der Waals surface area (Å²) < 4.78 is 16.2. The number of carbonyl (C=O) groups excluding carboxylic acids is 2. The molecule has 1 atom stereocenters. The summed E-state index contributed by atoms with van der Waals surface area (Å²) in [6.07, 6.45) is 0.572. The Hall–Kier alpha value is -3.58. The van der Waals surface area contributed by atoms with E-state index in [4.69, 9.17) is 13.9 Å². The molecule has 0 saturated heterocycles. The molecule has 160 valence electrons. The Morgan fingerprint density at radius 1 is 1.13 bits per heavy atom. The van der Waals surface area contributed by atoms with Crippen LogP contribution in [0.15, 0.2) is 70.3 Å². The molecule has 1 aliphatic heterocycles. The number of methoxy groups -OCH3 is 2. The minimum absolute atomic E-state index is 0.00615. The van der Waals surface area contributed by atoms with Gasteiger partial charge in [-0.3, -0.25) is 9.59 Å². The van der Waals surface area contributed by atoms with Gasteiger partial charge in [0.25, 0.3) is 5.91 Å². The second-order valence-electron chi connectivity index (χ2n) is 7.24. The number of furan rings is 1. The molecule has 7 nitrogen and oxygen atoms in total. The third kappa shape index (κ3) is 3.68. The van der Waals surface area contributed by atoms with Gasteiger partial charge < -0.3 is 23.9 Å². The molecule has 1 amide bonds. The summed E-state index contributed by atoms with van der Waals surface area (Å²) in [5.74, 6) is -1.13. The Morgan fingerprint density at radius 2 is 1.90 bits per heavy atom. The number of rotatable bonds is 8. The number of ketones is 1. The van der Waals surface area contributed by atoms with Crippen LogP contribution in [-0.4, -0.2) is 49.1 Å². The number of para-hydroxylation sites is 1. The first-order valence-electron chi connectivity index (χ1n) is 9.96. The quantitative estimate of drug-likeness (QED) is 0.436. The van der Waals surface area contributed by atoms with Gasteiger partial charge in [-0.05, 0) is 24.1 Å². The molecule has 1 aliphatic rings. The number of aliphatic hydroxyl groups excluding tert-OH is 1. The van der Waals surface area contributed by atoms with E-state index in [-0.39, 0.29) is 11.3 Å². The van der Waals surface area contributed by atoms with Gasteiger partial charge in [0.2, 0.25) is 5.78 Å². The molecule has 31 heavy (non-hydrogen) atoms. The Bertz CT molecular complexity index is 1150. The summed E-state index contributed by atoms with van der Waals surface area (Å²) in [7, 11) is 3.10. The Labute approximate surface area is 179 Å². The van der Waals surface area contributed by atoms with Gasteiger partial charge in [0.05, 0.1) is 18.7 Å². The van der Waals surface area contributed by atoms with Crippen molar-refractivity contribution >= 4 is 22.7 Å². The normalized spacial score (nSPS) is 16.4. The van der Waals surface area contributed by atoms with Crippen molar-refractivity contribution in [1.82, 2.24) is 4.90 Å². The van der Waals surface area contributed by atoms with Crippen LogP contribution in [-0.2, 0) is 9.53 Å². The third-order valence-corrected chi connectivity index (χ3v) is 5.36. The zero-order valence-corrected chi connectivity index (χ0v) is 17.3. The van der Waals surface area contributed by atoms with Gasteiger partial charge in [0, 0.05) is 25.6 Å². The van der Waals surface area contributed by atoms with E-state index in [1.807, 2.05) is 30.3 Å². The van der Waals surface area contributed by atoms with Crippen molar-refractivity contribution < 1.29 is 28.6 Å². The lowest BCUT2D eigenvalue weighted by Crippen LogP contribution is -2.32. The van der Waals surface area contributed by atoms with Crippen LogP contribution >= 0.6 is 0 Å². The molecule has 7 heteroatoms. The van der Waals surface area contributed by atoms with Crippen molar-refractivity contribution in [3.05, 3.63) is 77.3 Å². The summed E-state index contributed by atoms with van der Waals surface area (Å²) in [4.78, 5) is 27.9. The first-order chi connectivity index (χ1) is 15.1. The van der Waals surface area contributed by atoms with Crippen LogP contribution in [0.3, 0.4) is 0 Å². The van der Waals surface area contributed by atoms with E-state index < -0.39 is 23.5 Å². The average molecular weight is 421 g/mol. The highest BCUT2D eigenvalue weighted by atomic mass is 16.5. The standard InChI is InChI=1S/C24H23NO6/c1-29-13-7-12-25-20(15-8-4-3-5-9-15)19(22(27)24(25)28)21(26)18-14-16-10-6-11-17(30-2)23(16)31-18/h3-6,8-11,14,20,27H,7,12-13H2,1-2H3. The first kappa shape index (κ1) is 20.7. The van der Waals surface area contributed by atoms with Crippen LogP contribution in [0, 0.1) is 0 Å². The van der Waals surface area contributed by atoms with Crippen LogP contribution in [0.4, 0.5) is 0 Å². The predicted molar refractivity (Wildman–Crippen MR) is 114 cm³/mol. The molecule has 1 unspecified atom stereocenters. The fourth-order valence-corrected chi connectivity index (χ4v) is 3.92. The van der Waals surface area contributed by atoms with Crippen molar-refractivity contribution in [3.8, 4) is 5.75 Å². The molecule has 0 fully saturated rings. The number of hydrogen-bond acceptors (Lipinski definition) is 6. The van der Waals surface area contributed by atoms with E-state index in [0.29, 0.717) is 36.3 Å². The van der Waals surface area contributed by atoms with E-state index in [1.165, 1.54) is 12.0 Å². The second kappa shape index (κ2) is 8.65. The maximum atomic E-state index is 13.5. The number of carbonyl (C=O) groups is 2. The molecule has 4 rings (SSSR count). The third-order valence-electron chi connectivity index (χ3n) is 5.36. The van der Waals surface area contributed by atoms with Crippen molar-refractivity contribution in [1.29, 1.82) is 0 Å². The highest BCUT2D eigenvalue weighted by molar-refractivity contribution is 6.16. The molecule has 2 heterocycles. The maximum absolute atomic E-state index is 13.5. The monoisotopic (exact) mass is 421 g/mol. The largest absolute Gasteiger partial charge is 0.503 e. The van der Waals surface area contributed by atoms with Gasteiger partial charge in [-0.2, -0.15) is 0 Å². The SMILES string of the molecule is COCCCN1C(=O)C(O)=C(C(=O)c2cc3cccc(OC)c3o2)C1c1ccccc1. The summed E-state index contributed by atoms with van der Waals surface area (Å²) in [6, 6.07) is 15.4. The van der Waals surface area contributed by atoms with E-state index in [1.54, 1.807) is 31.4 Å². The highest BCUT2D eigenvalue weighted by Gasteiger charge is 2.44. The van der Waals surface area contributed by atoms with Crippen LogP contribution in [0.2, 0.25) is 0 Å². The number of benzene rings is 2.